The topological polar surface area (TPSA) is 98.2 Å². The minimum absolute atomic E-state index is 0.229. The number of nitrogen functional groups attached to an aromatic ring is 1. The molecule has 0 unspecified atom stereocenters. The summed E-state index contributed by atoms with van der Waals surface area (Å²) in [5.41, 5.74) is 6.55. The Hall–Kier alpha value is -1.89. The Morgan fingerprint density at radius 2 is 1.62 bits per heavy atom. The van der Waals surface area contributed by atoms with Crippen LogP contribution < -0.4 is 16.2 Å². The van der Waals surface area contributed by atoms with Gasteiger partial charge in [0.2, 0.25) is 0 Å². The maximum Gasteiger partial charge on any atom is 0.308 e. The molecule has 2 aromatic carbocycles. The third-order valence-electron chi connectivity index (χ3n) is 3.02. The second-order valence-electron chi connectivity index (χ2n) is 4.90. The lowest BCUT2D eigenvalue weighted by Crippen LogP contribution is -2.51. The second-order valence-corrected chi connectivity index (χ2v) is 9.00. The largest absolute Gasteiger partial charge is 0.399 e. The fourth-order valence-corrected chi connectivity index (χ4v) is 3.22. The van der Waals surface area contributed by atoms with Gasteiger partial charge in [0.1, 0.15) is 0 Å². The summed E-state index contributed by atoms with van der Waals surface area (Å²) < 4.78 is 13.0. The molecule has 0 bridgehead atoms. The summed E-state index contributed by atoms with van der Waals surface area (Å²) in [5.74, 6) is 0. The zero-order chi connectivity index (χ0) is 15.7. The van der Waals surface area contributed by atoms with Crippen LogP contribution in [0.1, 0.15) is 0 Å². The molecule has 0 heterocycles. The Bertz CT molecular complexity index is 736. The average Bonchev–Trinajstić information content (AvgIpc) is 2.41. The van der Waals surface area contributed by atoms with Crippen molar-refractivity contribution < 1.29 is 9.00 Å². The average molecular weight is 326 g/mol. The molecule has 1 amide bonds. The molecular formula is C14H16ClN3O2S. The molecule has 0 atom stereocenters. The van der Waals surface area contributed by atoms with E-state index in [4.69, 9.17) is 22.5 Å². The van der Waals surface area contributed by atoms with Crippen molar-refractivity contribution in [3.05, 3.63) is 53.6 Å². The van der Waals surface area contributed by atoms with Gasteiger partial charge in [0.05, 0.1) is 0 Å². The first-order valence-corrected chi connectivity index (χ1v) is 8.86. The van der Waals surface area contributed by atoms with Crippen LogP contribution in [-0.4, -0.2) is 15.7 Å². The molecule has 7 heteroatoms. The van der Waals surface area contributed by atoms with Crippen molar-refractivity contribution in [2.45, 2.75) is 4.90 Å². The molecule has 2 rings (SSSR count). The Kier molecular flexibility index (Phi) is 3.79. The molecule has 0 aromatic heterocycles. The van der Waals surface area contributed by atoms with Gasteiger partial charge in [-0.05, 0) is 48.5 Å². The summed E-state index contributed by atoms with van der Waals surface area (Å²) in [6, 6.07) is 12.5. The number of anilines is 2. The van der Waals surface area contributed by atoms with E-state index < -0.39 is 14.5 Å². The van der Waals surface area contributed by atoms with Crippen LogP contribution >= 0.6 is 11.6 Å². The van der Waals surface area contributed by atoms with Gasteiger partial charge in [0.25, 0.3) is 0 Å². The van der Waals surface area contributed by atoms with Gasteiger partial charge in [0.15, 0.2) is 0 Å². The van der Waals surface area contributed by atoms with Gasteiger partial charge in [0, 0.05) is 36.8 Å². The van der Waals surface area contributed by atoms with Gasteiger partial charge in [-0.25, -0.2) is 0 Å². The molecule has 0 fully saturated rings. The first kappa shape index (κ1) is 15.5. The fraction of sp³-hybridized carbons (Fsp3) is 0.0714. The van der Waals surface area contributed by atoms with Crippen LogP contribution in [0.3, 0.4) is 0 Å². The van der Waals surface area contributed by atoms with Crippen LogP contribution in [0.25, 0.3) is 0 Å². The van der Waals surface area contributed by atoms with Gasteiger partial charge in [-0.3, -0.25) is 14.1 Å². The van der Waals surface area contributed by atoms with E-state index in [2.05, 4.69) is 5.32 Å². The first-order valence-electron chi connectivity index (χ1n) is 6.04. The number of carbonyl (C=O) groups is 1. The van der Waals surface area contributed by atoms with E-state index in [9.17, 15) is 9.00 Å². The van der Waals surface area contributed by atoms with Crippen molar-refractivity contribution in [1.82, 2.24) is 0 Å². The zero-order valence-corrected chi connectivity index (χ0v) is 12.9. The Morgan fingerprint density at radius 1 is 1.10 bits per heavy atom. The van der Waals surface area contributed by atoms with E-state index in [1.165, 1.54) is 18.4 Å². The quantitative estimate of drug-likeness (QED) is 0.740. The van der Waals surface area contributed by atoms with Crippen molar-refractivity contribution in [3.8, 4) is 0 Å². The molecule has 0 saturated heterocycles. The molecule has 5 nitrogen and oxygen atoms in total. The summed E-state index contributed by atoms with van der Waals surface area (Å²) in [4.78, 5) is 12.6. The number of amides is 1. The highest BCUT2D eigenvalue weighted by Gasteiger charge is 2.37. The van der Waals surface area contributed by atoms with E-state index in [1.807, 2.05) is 0 Å². The van der Waals surface area contributed by atoms with Gasteiger partial charge in [-0.15, -0.1) is 0 Å². The smallest absolute Gasteiger partial charge is 0.308 e. The SMILES string of the molecule is CS(N)(=O)(C(=O)Nc1ccc(Cl)cc1)c1ccc(N)cc1. The molecular weight excluding hydrogens is 310 g/mol. The van der Waals surface area contributed by atoms with E-state index >= 15 is 0 Å². The summed E-state index contributed by atoms with van der Waals surface area (Å²) in [6.45, 7) is 0. The summed E-state index contributed by atoms with van der Waals surface area (Å²) in [5, 5.41) is 8.24. The van der Waals surface area contributed by atoms with Crippen LogP contribution in [0, 0.1) is 0 Å². The molecule has 0 aliphatic rings. The number of hydrogen-bond donors (Lipinski definition) is 3. The highest BCUT2D eigenvalue weighted by Crippen LogP contribution is 2.29. The van der Waals surface area contributed by atoms with Crippen LogP contribution in [-0.2, 0) is 9.25 Å². The summed E-state index contributed by atoms with van der Waals surface area (Å²) in [6.07, 6.45) is 1.23. The zero-order valence-electron chi connectivity index (χ0n) is 11.4. The third kappa shape index (κ3) is 3.24. The number of nitrogens with two attached hydrogens (primary N) is 2. The Morgan fingerprint density at radius 3 is 2.14 bits per heavy atom. The number of benzene rings is 2. The molecule has 0 radical (unpaired) electrons. The lowest BCUT2D eigenvalue weighted by Gasteiger charge is -2.32. The lowest BCUT2D eigenvalue weighted by molar-refractivity contribution is 0.268. The molecule has 0 aliphatic carbocycles. The highest BCUT2D eigenvalue weighted by molar-refractivity contribution is 8.30. The summed E-state index contributed by atoms with van der Waals surface area (Å²) >= 11 is 5.77. The molecule has 21 heavy (non-hydrogen) atoms. The molecule has 112 valence electrons. The summed E-state index contributed by atoms with van der Waals surface area (Å²) in [7, 11) is -4.20. The molecule has 0 saturated carbocycles. The van der Waals surface area contributed by atoms with Crippen LogP contribution in [0.4, 0.5) is 16.2 Å². The van der Waals surface area contributed by atoms with Crippen molar-refractivity contribution in [3.63, 3.8) is 0 Å². The molecule has 2 aromatic rings. The Labute approximate surface area is 127 Å². The van der Waals surface area contributed by atoms with E-state index in [1.54, 1.807) is 36.4 Å². The molecule has 0 spiro atoms. The maximum atomic E-state index is 13.0. The van der Waals surface area contributed by atoms with Gasteiger partial charge >= 0.3 is 5.24 Å². The van der Waals surface area contributed by atoms with Crippen LogP contribution in [0.15, 0.2) is 53.4 Å². The normalized spacial score (nSPS) is 13.2. The fourth-order valence-electron chi connectivity index (χ4n) is 1.69. The monoisotopic (exact) mass is 325 g/mol. The minimum Gasteiger partial charge on any atom is -0.399 e. The van der Waals surface area contributed by atoms with E-state index in [-0.39, 0.29) is 4.90 Å². The second kappa shape index (κ2) is 5.14. The predicted molar refractivity (Wildman–Crippen MR) is 87.8 cm³/mol. The molecule has 5 N–H and O–H groups in total. The van der Waals surface area contributed by atoms with E-state index in [0.717, 1.165) is 0 Å². The number of carbonyl (C=O) groups excluding carboxylic acids is 1. The maximum absolute atomic E-state index is 13.0. The van der Waals surface area contributed by atoms with Crippen LogP contribution in [0.5, 0.6) is 0 Å². The van der Waals surface area contributed by atoms with Gasteiger partial charge in [-0.2, -0.15) is 0 Å². The lowest BCUT2D eigenvalue weighted by atomic mass is 10.3. The number of hydrogen-bond acceptors (Lipinski definition) is 3. The minimum atomic E-state index is -4.20. The number of nitrogens with one attached hydrogen (secondary N) is 1. The van der Waals surface area contributed by atoms with Crippen molar-refractivity contribution in [1.29, 1.82) is 0 Å². The molecule has 0 aliphatic heterocycles. The van der Waals surface area contributed by atoms with E-state index in [0.29, 0.717) is 16.4 Å². The Balaban J connectivity index is 2.33. The number of halogens is 1. The third-order valence-corrected chi connectivity index (χ3v) is 5.74. The standard InChI is InChI=1S/C14H16ClN3O2S/c1-21(17,20,13-8-4-11(16)5-9-13)14(19)18-12-6-2-10(15)3-7-12/h2-9H,16H2,1H3,(H2,17,20)(H,18,19). The highest BCUT2D eigenvalue weighted by atomic mass is 35.5. The van der Waals surface area contributed by atoms with Crippen molar-refractivity contribution in [2.75, 3.05) is 17.3 Å². The van der Waals surface area contributed by atoms with Gasteiger partial charge in [-0.1, -0.05) is 11.6 Å². The van der Waals surface area contributed by atoms with Crippen LogP contribution in [0.2, 0.25) is 5.02 Å². The van der Waals surface area contributed by atoms with Crippen molar-refractivity contribution in [2.24, 2.45) is 5.14 Å². The first-order chi connectivity index (χ1) is 9.67. The number of rotatable bonds is 2. The van der Waals surface area contributed by atoms with Crippen molar-refractivity contribution >= 4 is 37.5 Å². The predicted octanol–water partition coefficient (Wildman–Crippen LogP) is 2.84. The van der Waals surface area contributed by atoms with Gasteiger partial charge < -0.3 is 11.1 Å².